The highest BCUT2D eigenvalue weighted by Crippen LogP contribution is 2.01. The lowest BCUT2D eigenvalue weighted by molar-refractivity contribution is -0.137. The lowest BCUT2D eigenvalue weighted by Crippen LogP contribution is -2.48. The zero-order valence-corrected chi connectivity index (χ0v) is 18.0. The molecule has 3 N–H and O–H groups in total. The largest absolute Gasteiger partial charge is 0.368 e. The monoisotopic (exact) mass is 405 g/mol. The van der Waals surface area contributed by atoms with Crippen molar-refractivity contribution in [3.63, 3.8) is 0 Å². The first kappa shape index (κ1) is 27.8. The van der Waals surface area contributed by atoms with Crippen LogP contribution in [0.5, 0.6) is 0 Å². The summed E-state index contributed by atoms with van der Waals surface area (Å²) in [6, 6.07) is 0.713. The number of aryl methyl sites for hydroxylation is 1. The van der Waals surface area contributed by atoms with E-state index in [1.165, 1.54) is 41.7 Å². The molecule has 1 rings (SSSR count). The fourth-order valence-corrected chi connectivity index (χ4v) is 1.90. The van der Waals surface area contributed by atoms with E-state index >= 15 is 0 Å². The number of rotatable bonds is 9. The molecule has 0 saturated carbocycles. The highest BCUT2D eigenvalue weighted by Gasteiger charge is 2.23. The van der Waals surface area contributed by atoms with Gasteiger partial charge in [0.25, 0.3) is 5.91 Å². The van der Waals surface area contributed by atoms with Gasteiger partial charge in [0, 0.05) is 16.1 Å². The van der Waals surface area contributed by atoms with Gasteiger partial charge in [-0.25, -0.2) is 4.39 Å². The predicted molar refractivity (Wildman–Crippen MR) is 113 cm³/mol. The number of carbonyl (C=O) groups excluding carboxylic acids is 3. The van der Waals surface area contributed by atoms with Gasteiger partial charge in [-0.1, -0.05) is 47.5 Å². The third-order valence-electron chi connectivity index (χ3n) is 3.66. The molecule has 166 valence electrons. The molecule has 3 amide bonds. The van der Waals surface area contributed by atoms with E-state index < -0.39 is 30.4 Å². The first-order valence-corrected chi connectivity index (χ1v) is 9.74. The normalized spacial score (nSPS) is 10.5. The molecule has 0 aromatic carbocycles. The molecule has 9 heteroatoms. The average molecular weight is 406 g/mol. The summed E-state index contributed by atoms with van der Waals surface area (Å²) >= 11 is 0. The lowest BCUT2D eigenvalue weighted by atomic mass is 10.2. The minimum atomic E-state index is -0.715. The van der Waals surface area contributed by atoms with Crippen molar-refractivity contribution in [1.29, 1.82) is 0 Å². The van der Waals surface area contributed by atoms with Gasteiger partial charge in [0.05, 0.1) is 13.1 Å². The molecule has 8 nitrogen and oxygen atoms in total. The topological polar surface area (TPSA) is 110 Å². The van der Waals surface area contributed by atoms with Gasteiger partial charge in [-0.15, -0.1) is 0 Å². The van der Waals surface area contributed by atoms with Gasteiger partial charge < -0.3 is 16.0 Å². The van der Waals surface area contributed by atoms with Crippen molar-refractivity contribution in [2.45, 2.75) is 66.5 Å². The van der Waals surface area contributed by atoms with Gasteiger partial charge in [0.15, 0.2) is 0 Å². The zero-order valence-electron chi connectivity index (χ0n) is 18.0. The van der Waals surface area contributed by atoms with Crippen molar-refractivity contribution in [2.75, 3.05) is 20.3 Å². The Hall–Kier alpha value is -2.45. The van der Waals surface area contributed by atoms with E-state index in [0.29, 0.717) is 6.42 Å². The summed E-state index contributed by atoms with van der Waals surface area (Å²) in [6.45, 7) is 9.29. The number of likely N-dealkylation sites (N-methyl/N-ethyl adjacent to an activating group) is 1. The second kappa shape index (κ2) is 16.7. The Morgan fingerprint density at radius 1 is 1.29 bits per heavy atom. The fourth-order valence-electron chi connectivity index (χ4n) is 1.90. The van der Waals surface area contributed by atoms with Crippen molar-refractivity contribution < 1.29 is 21.6 Å². The minimum absolute atomic E-state index is 0. The molecule has 0 saturated heterocycles. The van der Waals surface area contributed by atoms with Crippen LogP contribution in [-0.4, -0.2) is 58.7 Å². The van der Waals surface area contributed by atoms with Gasteiger partial charge in [0.2, 0.25) is 11.8 Å². The number of nitrogens with zero attached hydrogens (tertiary/aromatic N) is 3. The maximum Gasteiger partial charge on any atom is 0.272 e. The number of halogens is 1. The Kier molecular flexibility index (Phi) is 16.6. The summed E-state index contributed by atoms with van der Waals surface area (Å²) in [7, 11) is 1.45. The second-order valence-corrected chi connectivity index (χ2v) is 5.67. The van der Waals surface area contributed by atoms with Gasteiger partial charge in [-0.05, 0) is 12.5 Å². The Morgan fingerprint density at radius 3 is 2.29 bits per heavy atom. The molecule has 1 aromatic rings. The van der Waals surface area contributed by atoms with E-state index in [1.54, 1.807) is 6.92 Å². The van der Waals surface area contributed by atoms with E-state index in [9.17, 15) is 18.8 Å². The van der Waals surface area contributed by atoms with E-state index in [0.717, 1.165) is 0 Å². The number of nitrogens with two attached hydrogens (primary N) is 1. The van der Waals surface area contributed by atoms with Crippen LogP contribution < -0.4 is 11.1 Å². The Balaban J connectivity index is -0.000000377. The van der Waals surface area contributed by atoms with Gasteiger partial charge in [-0.2, -0.15) is 5.10 Å². The molecule has 1 atom stereocenters. The van der Waals surface area contributed by atoms with Crippen LogP contribution in [0.3, 0.4) is 0 Å². The molecular formula is C19H40FN5O3. The first-order chi connectivity index (χ1) is 13.3. The number of amides is 3. The molecule has 1 heterocycles. The average Bonchev–Trinajstić information content (AvgIpc) is 3.16. The Bertz CT molecular complexity index is 586. The number of carbonyl (C=O) groups is 3. The van der Waals surface area contributed by atoms with Crippen LogP contribution >= 0.6 is 0 Å². The zero-order chi connectivity index (χ0) is 22.1. The number of primary amides is 1. The van der Waals surface area contributed by atoms with Crippen molar-refractivity contribution in [3.05, 3.63) is 18.0 Å². The lowest BCUT2D eigenvalue weighted by Gasteiger charge is -2.24. The SMILES string of the molecule is CC.CCC(C(N)=O)N(C)C(=O)CNC(=O)c1ccn(CCF)n1.CCCC.[HH].[HH]. The molecule has 1 unspecified atom stereocenters. The van der Waals surface area contributed by atoms with Crippen molar-refractivity contribution in [3.8, 4) is 0 Å². The third-order valence-corrected chi connectivity index (χ3v) is 3.66. The van der Waals surface area contributed by atoms with Crippen molar-refractivity contribution >= 4 is 17.7 Å². The minimum Gasteiger partial charge on any atom is -0.368 e. The Labute approximate surface area is 170 Å². The molecule has 0 fully saturated rings. The molecular weight excluding hydrogens is 365 g/mol. The summed E-state index contributed by atoms with van der Waals surface area (Å²) in [5.41, 5.74) is 5.29. The van der Waals surface area contributed by atoms with Crippen LogP contribution in [0.1, 0.15) is 67.2 Å². The molecule has 0 bridgehead atoms. The summed E-state index contributed by atoms with van der Waals surface area (Å²) in [5, 5.41) is 6.27. The summed E-state index contributed by atoms with van der Waals surface area (Å²) in [4.78, 5) is 36.1. The number of unbranched alkanes of at least 4 members (excludes halogenated alkanes) is 1. The van der Waals surface area contributed by atoms with E-state index in [2.05, 4.69) is 24.3 Å². The quantitative estimate of drug-likeness (QED) is 0.658. The predicted octanol–water partition coefficient (Wildman–Crippen LogP) is 2.63. The summed E-state index contributed by atoms with van der Waals surface area (Å²) in [6.07, 6.45) is 4.50. The maximum atomic E-state index is 12.2. The van der Waals surface area contributed by atoms with E-state index in [4.69, 9.17) is 5.73 Å². The highest BCUT2D eigenvalue weighted by molar-refractivity contribution is 5.95. The first-order valence-electron chi connectivity index (χ1n) is 9.74. The molecule has 0 spiro atoms. The van der Waals surface area contributed by atoms with Crippen molar-refractivity contribution in [1.82, 2.24) is 20.0 Å². The second-order valence-electron chi connectivity index (χ2n) is 5.67. The molecule has 0 radical (unpaired) electrons. The van der Waals surface area contributed by atoms with Gasteiger partial charge >= 0.3 is 0 Å². The van der Waals surface area contributed by atoms with Crippen LogP contribution in [0.2, 0.25) is 0 Å². The standard InChI is InChI=1S/C13H20FN5O3.C4H10.C2H6.2H2/c1-3-10(12(15)21)18(2)11(20)8-16-13(22)9-4-6-19(17-9)7-5-14;1-3-4-2;1-2;;/h4,6,10H,3,5,7-8H2,1-2H3,(H2,15,21)(H,16,22);3-4H2,1-2H3;1-2H3;2*1H. The summed E-state index contributed by atoms with van der Waals surface area (Å²) in [5.74, 6) is -1.59. The molecule has 0 aliphatic heterocycles. The summed E-state index contributed by atoms with van der Waals surface area (Å²) < 4.78 is 13.5. The van der Waals surface area contributed by atoms with E-state index in [-0.39, 0.29) is 21.6 Å². The van der Waals surface area contributed by atoms with Crippen LogP contribution in [0.25, 0.3) is 0 Å². The van der Waals surface area contributed by atoms with Crippen LogP contribution in [0, 0.1) is 0 Å². The van der Waals surface area contributed by atoms with Crippen LogP contribution in [-0.2, 0) is 16.1 Å². The number of nitrogens with one attached hydrogen (secondary N) is 1. The molecule has 1 aromatic heterocycles. The molecule has 0 aliphatic carbocycles. The number of aromatic nitrogens is 2. The third kappa shape index (κ3) is 10.6. The van der Waals surface area contributed by atoms with Crippen LogP contribution in [0.4, 0.5) is 4.39 Å². The van der Waals surface area contributed by atoms with E-state index in [1.807, 2.05) is 13.8 Å². The van der Waals surface area contributed by atoms with Crippen molar-refractivity contribution in [2.24, 2.45) is 5.73 Å². The van der Waals surface area contributed by atoms with Gasteiger partial charge in [0.1, 0.15) is 18.4 Å². The van der Waals surface area contributed by atoms with Crippen LogP contribution in [0.15, 0.2) is 12.3 Å². The fraction of sp³-hybridized carbons (Fsp3) is 0.684. The number of alkyl halides is 1. The molecule has 28 heavy (non-hydrogen) atoms. The molecule has 0 aliphatic rings. The highest BCUT2D eigenvalue weighted by atomic mass is 19.1. The number of hydrogen-bond donors (Lipinski definition) is 2. The van der Waals surface area contributed by atoms with Gasteiger partial charge in [-0.3, -0.25) is 19.1 Å². The smallest absolute Gasteiger partial charge is 0.272 e. The maximum absolute atomic E-state index is 12.2. The number of hydrogen-bond acceptors (Lipinski definition) is 4. The Morgan fingerprint density at radius 2 is 1.86 bits per heavy atom.